The summed E-state index contributed by atoms with van der Waals surface area (Å²) in [5.41, 5.74) is 5.22. The molecule has 1 rings (SSSR count). The van der Waals surface area contributed by atoms with Gasteiger partial charge < -0.3 is 10.5 Å². The lowest BCUT2D eigenvalue weighted by Gasteiger charge is -2.05. The molecule has 0 fully saturated rings. The predicted octanol–water partition coefficient (Wildman–Crippen LogP) is 1.65. The molecule has 0 bridgehead atoms. The van der Waals surface area contributed by atoms with Gasteiger partial charge in [0.15, 0.2) is 0 Å². The van der Waals surface area contributed by atoms with Crippen molar-refractivity contribution in [2.75, 3.05) is 0 Å². The third-order valence-corrected chi connectivity index (χ3v) is 1.67. The van der Waals surface area contributed by atoms with E-state index in [1.165, 1.54) is 6.07 Å². The maximum absolute atomic E-state index is 11.9. The van der Waals surface area contributed by atoms with Crippen LogP contribution in [0.3, 0.4) is 0 Å². The summed E-state index contributed by atoms with van der Waals surface area (Å²) in [4.78, 5) is 9.72. The lowest BCUT2D eigenvalue weighted by Crippen LogP contribution is -2.05. The molecule has 0 saturated carbocycles. The summed E-state index contributed by atoms with van der Waals surface area (Å²) in [7, 11) is 0. The highest BCUT2D eigenvalue weighted by Gasteiger charge is 2.18. The molecular weight excluding hydrogens is 210 g/mol. The Hall–Kier alpha value is -1.76. The number of ether oxygens (including phenoxy) is 1. The lowest BCUT2D eigenvalue weighted by atomic mass is 10.2. The molecule has 15 heavy (non-hydrogen) atoms. The van der Waals surface area contributed by atoms with Crippen molar-refractivity contribution in [3.63, 3.8) is 0 Å². The average molecular weight is 218 g/mol. The maximum atomic E-state index is 11.9. The maximum Gasteiger partial charge on any atom is 0.387 e. The molecule has 0 radical (unpaired) electrons. The van der Waals surface area contributed by atoms with Gasteiger partial charge in [0.25, 0.3) is 0 Å². The molecule has 0 aliphatic carbocycles. The Balaban J connectivity index is 3.09. The van der Waals surface area contributed by atoms with Crippen LogP contribution in [0.1, 0.15) is 5.56 Å². The average Bonchev–Trinajstić information content (AvgIpc) is 2.17. The number of rotatable bonds is 4. The fourth-order valence-electron chi connectivity index (χ4n) is 1.03. The minimum Gasteiger partial charge on any atom is -0.427 e. The van der Waals surface area contributed by atoms with Crippen LogP contribution in [-0.4, -0.2) is 11.5 Å². The van der Waals surface area contributed by atoms with Crippen molar-refractivity contribution in [1.29, 1.82) is 0 Å². The number of hydrogen-bond donors (Lipinski definition) is 1. The van der Waals surface area contributed by atoms with E-state index in [0.29, 0.717) is 5.56 Å². The zero-order chi connectivity index (χ0) is 11.4. The highest BCUT2D eigenvalue weighted by molar-refractivity contribution is 5.48. The van der Waals surface area contributed by atoms with Gasteiger partial charge in [0.05, 0.1) is 4.92 Å². The van der Waals surface area contributed by atoms with Crippen LogP contribution in [0, 0.1) is 10.1 Å². The number of nitro benzene ring substituents is 1. The number of nitrogens with zero attached hydrogens (tertiary/aromatic N) is 1. The summed E-state index contributed by atoms with van der Waals surface area (Å²) in [6, 6.07) is 3.61. The van der Waals surface area contributed by atoms with E-state index >= 15 is 0 Å². The van der Waals surface area contributed by atoms with Crippen LogP contribution in [0.5, 0.6) is 5.75 Å². The molecule has 0 amide bonds. The molecule has 5 nitrogen and oxygen atoms in total. The van der Waals surface area contributed by atoms with E-state index in [1.807, 2.05) is 0 Å². The summed E-state index contributed by atoms with van der Waals surface area (Å²) in [6.45, 7) is -3.00. The summed E-state index contributed by atoms with van der Waals surface area (Å²) >= 11 is 0. The minimum atomic E-state index is -3.09. The Morgan fingerprint density at radius 2 is 2.20 bits per heavy atom. The fraction of sp³-hybridized carbons (Fsp3) is 0.250. The van der Waals surface area contributed by atoms with Crippen molar-refractivity contribution in [2.24, 2.45) is 5.73 Å². The number of halogens is 2. The first-order chi connectivity index (χ1) is 7.04. The van der Waals surface area contributed by atoms with Crippen molar-refractivity contribution < 1.29 is 18.4 Å². The first-order valence-corrected chi connectivity index (χ1v) is 3.96. The van der Waals surface area contributed by atoms with Gasteiger partial charge in [-0.3, -0.25) is 10.1 Å². The van der Waals surface area contributed by atoms with Crippen molar-refractivity contribution in [3.8, 4) is 5.75 Å². The molecule has 0 unspecified atom stereocenters. The van der Waals surface area contributed by atoms with Crippen LogP contribution < -0.4 is 10.5 Å². The zero-order valence-electron chi connectivity index (χ0n) is 7.52. The molecule has 0 aromatic heterocycles. The Morgan fingerprint density at radius 3 is 2.67 bits per heavy atom. The normalized spacial score (nSPS) is 10.4. The number of nitrogens with two attached hydrogens (primary N) is 1. The molecule has 0 saturated heterocycles. The molecule has 7 heteroatoms. The summed E-state index contributed by atoms with van der Waals surface area (Å²) < 4.78 is 27.7. The van der Waals surface area contributed by atoms with E-state index in [2.05, 4.69) is 4.74 Å². The second-order valence-corrected chi connectivity index (χ2v) is 2.64. The van der Waals surface area contributed by atoms with E-state index in [4.69, 9.17) is 5.73 Å². The van der Waals surface area contributed by atoms with Crippen LogP contribution in [-0.2, 0) is 6.54 Å². The largest absolute Gasteiger partial charge is 0.427 e. The van der Waals surface area contributed by atoms with Crippen LogP contribution >= 0.6 is 0 Å². The van der Waals surface area contributed by atoms with Gasteiger partial charge in [-0.25, -0.2) is 0 Å². The van der Waals surface area contributed by atoms with Crippen molar-refractivity contribution in [1.82, 2.24) is 0 Å². The summed E-state index contributed by atoms with van der Waals surface area (Å²) in [5, 5.41) is 10.5. The van der Waals surface area contributed by atoms with E-state index in [0.717, 1.165) is 12.1 Å². The topological polar surface area (TPSA) is 78.4 Å². The number of nitro groups is 1. The molecular formula is C8H8F2N2O3. The molecule has 0 atom stereocenters. The first-order valence-electron chi connectivity index (χ1n) is 3.96. The second-order valence-electron chi connectivity index (χ2n) is 2.64. The molecule has 0 aliphatic heterocycles. The molecule has 0 heterocycles. The lowest BCUT2D eigenvalue weighted by molar-refractivity contribution is -0.386. The van der Waals surface area contributed by atoms with Gasteiger partial charge in [-0.1, -0.05) is 6.07 Å². The molecule has 1 aromatic carbocycles. The predicted molar refractivity (Wildman–Crippen MR) is 47.6 cm³/mol. The van der Waals surface area contributed by atoms with E-state index in [9.17, 15) is 18.9 Å². The van der Waals surface area contributed by atoms with E-state index in [-0.39, 0.29) is 6.54 Å². The van der Waals surface area contributed by atoms with E-state index < -0.39 is 23.0 Å². The fourth-order valence-corrected chi connectivity index (χ4v) is 1.03. The Morgan fingerprint density at radius 1 is 1.53 bits per heavy atom. The molecule has 2 N–H and O–H groups in total. The quantitative estimate of drug-likeness (QED) is 0.615. The van der Waals surface area contributed by atoms with Gasteiger partial charge in [-0.2, -0.15) is 8.78 Å². The van der Waals surface area contributed by atoms with Crippen LogP contribution in [0.4, 0.5) is 14.5 Å². The first kappa shape index (κ1) is 11.3. The third kappa shape index (κ3) is 2.84. The summed E-state index contributed by atoms with van der Waals surface area (Å²) in [6.07, 6.45) is 0. The van der Waals surface area contributed by atoms with Crippen molar-refractivity contribution in [3.05, 3.63) is 33.9 Å². The Bertz CT molecular complexity index is 371. The van der Waals surface area contributed by atoms with Crippen LogP contribution in [0.15, 0.2) is 18.2 Å². The standard InChI is InChI=1S/C8H8F2N2O3/c9-8(10)15-7-2-1-5(4-11)3-6(7)12(13)14/h1-3,8H,4,11H2. The smallest absolute Gasteiger partial charge is 0.387 e. The Labute approximate surface area is 83.6 Å². The van der Waals surface area contributed by atoms with Gasteiger partial charge in [0, 0.05) is 12.6 Å². The van der Waals surface area contributed by atoms with Crippen molar-refractivity contribution in [2.45, 2.75) is 13.2 Å². The van der Waals surface area contributed by atoms with Crippen LogP contribution in [0.2, 0.25) is 0 Å². The number of alkyl halides is 2. The van der Waals surface area contributed by atoms with Crippen LogP contribution in [0.25, 0.3) is 0 Å². The molecule has 0 aliphatic rings. The minimum absolute atomic E-state index is 0.0931. The number of hydrogen-bond acceptors (Lipinski definition) is 4. The Kier molecular flexibility index (Phi) is 3.51. The third-order valence-electron chi connectivity index (χ3n) is 1.67. The van der Waals surface area contributed by atoms with Gasteiger partial charge in [-0.05, 0) is 11.6 Å². The van der Waals surface area contributed by atoms with E-state index in [1.54, 1.807) is 0 Å². The molecule has 0 spiro atoms. The zero-order valence-corrected chi connectivity index (χ0v) is 7.52. The SMILES string of the molecule is NCc1ccc(OC(F)F)c([N+](=O)[O-])c1. The highest BCUT2D eigenvalue weighted by Crippen LogP contribution is 2.29. The highest BCUT2D eigenvalue weighted by atomic mass is 19.3. The van der Waals surface area contributed by atoms with Gasteiger partial charge in [-0.15, -0.1) is 0 Å². The van der Waals surface area contributed by atoms with Gasteiger partial charge >= 0.3 is 12.3 Å². The molecule has 82 valence electrons. The molecule has 1 aromatic rings. The van der Waals surface area contributed by atoms with Gasteiger partial charge in [0.2, 0.25) is 5.75 Å². The van der Waals surface area contributed by atoms with Gasteiger partial charge in [0.1, 0.15) is 0 Å². The second kappa shape index (κ2) is 4.65. The van der Waals surface area contributed by atoms with Crippen molar-refractivity contribution >= 4 is 5.69 Å². The monoisotopic (exact) mass is 218 g/mol. The number of benzene rings is 1. The summed E-state index contributed by atoms with van der Waals surface area (Å²) in [5.74, 6) is -0.466.